The first kappa shape index (κ1) is 17.7. The number of hydrogen-bond donors (Lipinski definition) is 1. The predicted octanol–water partition coefficient (Wildman–Crippen LogP) is 0.707. The number of amides is 1. The molecule has 0 radical (unpaired) electrons. The lowest BCUT2D eigenvalue weighted by Crippen LogP contribution is -2.45. The maximum Gasteiger partial charge on any atom is 0.257 e. The first-order chi connectivity index (χ1) is 12.5. The van der Waals surface area contributed by atoms with Crippen LogP contribution in [0.2, 0.25) is 0 Å². The monoisotopic (exact) mass is 359 g/mol. The SMILES string of the molecule is CC1CC2CN(C(=O)c3cnc(N4CCN(C)CC4)nc3)CC2CC1O. The standard InChI is InChI=1S/C19H29N5O2/c1-13-7-14-11-24(12-15(14)8-17(13)25)18(26)16-9-20-19(21-10-16)23-5-3-22(2)4-6-23/h9-10,13-15,17,25H,3-8,11-12H2,1-2H3. The number of fused-ring (bicyclic) bond motifs is 1. The Morgan fingerprint density at radius 3 is 2.35 bits per heavy atom. The van der Waals surface area contributed by atoms with Crippen LogP contribution in [0.25, 0.3) is 0 Å². The molecule has 1 aliphatic carbocycles. The highest BCUT2D eigenvalue weighted by Gasteiger charge is 2.41. The van der Waals surface area contributed by atoms with Crippen LogP contribution < -0.4 is 4.90 Å². The molecule has 7 nitrogen and oxygen atoms in total. The van der Waals surface area contributed by atoms with Gasteiger partial charge in [0.15, 0.2) is 0 Å². The van der Waals surface area contributed by atoms with Gasteiger partial charge in [-0.25, -0.2) is 9.97 Å². The number of aliphatic hydroxyl groups is 1. The average molecular weight is 359 g/mol. The van der Waals surface area contributed by atoms with Crippen LogP contribution in [0, 0.1) is 17.8 Å². The molecule has 1 N–H and O–H groups in total. The largest absolute Gasteiger partial charge is 0.393 e. The summed E-state index contributed by atoms with van der Waals surface area (Å²) in [5.74, 6) is 2.00. The van der Waals surface area contributed by atoms with Crippen LogP contribution in [0.4, 0.5) is 5.95 Å². The Balaban J connectivity index is 1.39. The van der Waals surface area contributed by atoms with Crippen molar-refractivity contribution in [2.45, 2.75) is 25.9 Å². The lowest BCUT2D eigenvalue weighted by molar-refractivity contribution is 0.0383. The summed E-state index contributed by atoms with van der Waals surface area (Å²) in [6.07, 6.45) is 4.94. The second kappa shape index (κ2) is 7.12. The average Bonchev–Trinajstić information content (AvgIpc) is 3.05. The second-order valence-corrected chi connectivity index (χ2v) is 8.31. The van der Waals surface area contributed by atoms with E-state index >= 15 is 0 Å². The molecule has 3 fully saturated rings. The van der Waals surface area contributed by atoms with Crippen molar-refractivity contribution in [1.82, 2.24) is 19.8 Å². The Hall–Kier alpha value is -1.73. The molecule has 1 amide bonds. The highest BCUT2D eigenvalue weighted by molar-refractivity contribution is 5.93. The molecule has 3 aliphatic rings. The van der Waals surface area contributed by atoms with Crippen molar-refractivity contribution in [3.05, 3.63) is 18.0 Å². The molecule has 2 aliphatic heterocycles. The normalized spacial score (nSPS) is 32.6. The molecule has 0 spiro atoms. The van der Waals surface area contributed by atoms with E-state index in [4.69, 9.17) is 0 Å². The number of piperazine rings is 1. The van der Waals surface area contributed by atoms with E-state index in [2.05, 4.69) is 33.7 Å². The second-order valence-electron chi connectivity index (χ2n) is 8.31. The molecular formula is C19H29N5O2. The minimum Gasteiger partial charge on any atom is -0.393 e. The van der Waals surface area contributed by atoms with E-state index in [1.165, 1.54) is 0 Å². The van der Waals surface area contributed by atoms with Crippen LogP contribution in [0.3, 0.4) is 0 Å². The molecule has 0 bridgehead atoms. The quantitative estimate of drug-likeness (QED) is 0.838. The lowest BCUT2D eigenvalue weighted by atomic mass is 9.75. The zero-order valence-corrected chi connectivity index (χ0v) is 15.7. The van der Waals surface area contributed by atoms with Crippen molar-refractivity contribution in [2.75, 3.05) is 51.2 Å². The molecular weight excluding hydrogens is 330 g/mol. The van der Waals surface area contributed by atoms with Crippen LogP contribution in [0.5, 0.6) is 0 Å². The number of carbonyl (C=O) groups excluding carboxylic acids is 1. The number of nitrogens with zero attached hydrogens (tertiary/aromatic N) is 5. The number of carbonyl (C=O) groups is 1. The molecule has 1 saturated carbocycles. The number of likely N-dealkylation sites (tertiary alicyclic amines) is 1. The van der Waals surface area contributed by atoms with Crippen LogP contribution >= 0.6 is 0 Å². The molecule has 0 aromatic carbocycles. The van der Waals surface area contributed by atoms with E-state index in [-0.39, 0.29) is 12.0 Å². The third-order valence-electron chi connectivity index (χ3n) is 6.41. The van der Waals surface area contributed by atoms with Crippen molar-refractivity contribution in [3.63, 3.8) is 0 Å². The highest BCUT2D eigenvalue weighted by Crippen LogP contribution is 2.39. The summed E-state index contributed by atoms with van der Waals surface area (Å²) in [6.45, 7) is 7.49. The van der Waals surface area contributed by atoms with Gasteiger partial charge in [0.1, 0.15) is 0 Å². The summed E-state index contributed by atoms with van der Waals surface area (Å²) in [5, 5.41) is 10.1. The van der Waals surface area contributed by atoms with E-state index in [9.17, 15) is 9.90 Å². The van der Waals surface area contributed by atoms with E-state index in [0.29, 0.717) is 29.3 Å². The molecule has 26 heavy (non-hydrogen) atoms. The van der Waals surface area contributed by atoms with Crippen molar-refractivity contribution < 1.29 is 9.90 Å². The van der Waals surface area contributed by atoms with E-state index in [0.717, 1.165) is 52.1 Å². The Kier molecular flexibility index (Phi) is 4.84. The van der Waals surface area contributed by atoms with Crippen LogP contribution in [-0.4, -0.2) is 83.2 Å². The maximum absolute atomic E-state index is 12.8. The third kappa shape index (κ3) is 3.42. The van der Waals surface area contributed by atoms with Crippen LogP contribution in [-0.2, 0) is 0 Å². The van der Waals surface area contributed by atoms with Crippen LogP contribution in [0.1, 0.15) is 30.1 Å². The molecule has 4 unspecified atom stereocenters. The Morgan fingerprint density at radius 1 is 1.08 bits per heavy atom. The molecule has 4 atom stereocenters. The molecule has 7 heteroatoms. The number of anilines is 1. The summed E-state index contributed by atoms with van der Waals surface area (Å²) in [7, 11) is 2.12. The Morgan fingerprint density at radius 2 is 1.69 bits per heavy atom. The summed E-state index contributed by atoms with van der Waals surface area (Å²) in [4.78, 5) is 28.1. The Labute approximate surface area is 155 Å². The van der Waals surface area contributed by atoms with Gasteiger partial charge in [0.25, 0.3) is 5.91 Å². The van der Waals surface area contributed by atoms with Gasteiger partial charge in [0, 0.05) is 51.7 Å². The van der Waals surface area contributed by atoms with Gasteiger partial charge in [-0.3, -0.25) is 4.79 Å². The zero-order valence-electron chi connectivity index (χ0n) is 15.7. The third-order valence-corrected chi connectivity index (χ3v) is 6.41. The van der Waals surface area contributed by atoms with Crippen molar-refractivity contribution in [2.24, 2.45) is 17.8 Å². The van der Waals surface area contributed by atoms with E-state index in [1.54, 1.807) is 12.4 Å². The van der Waals surface area contributed by atoms with Gasteiger partial charge in [-0.15, -0.1) is 0 Å². The summed E-state index contributed by atoms with van der Waals surface area (Å²) < 4.78 is 0. The van der Waals surface area contributed by atoms with Gasteiger partial charge < -0.3 is 19.8 Å². The van der Waals surface area contributed by atoms with Gasteiger partial charge in [0.2, 0.25) is 5.95 Å². The van der Waals surface area contributed by atoms with Crippen molar-refractivity contribution in [3.8, 4) is 0 Å². The molecule has 1 aromatic heterocycles. The summed E-state index contributed by atoms with van der Waals surface area (Å²) in [5.41, 5.74) is 0.565. The molecule has 2 saturated heterocycles. The number of likely N-dealkylation sites (N-methyl/N-ethyl adjacent to an activating group) is 1. The number of aromatic nitrogens is 2. The maximum atomic E-state index is 12.8. The molecule has 1 aromatic rings. The topological polar surface area (TPSA) is 72.8 Å². The number of rotatable bonds is 2. The fourth-order valence-electron chi connectivity index (χ4n) is 4.60. The van der Waals surface area contributed by atoms with Crippen molar-refractivity contribution >= 4 is 11.9 Å². The van der Waals surface area contributed by atoms with Gasteiger partial charge in [0.05, 0.1) is 11.7 Å². The van der Waals surface area contributed by atoms with Gasteiger partial charge in [-0.1, -0.05) is 6.92 Å². The zero-order chi connectivity index (χ0) is 18.3. The lowest BCUT2D eigenvalue weighted by Gasteiger charge is -2.32. The Bertz CT molecular complexity index is 626. The van der Waals surface area contributed by atoms with Crippen LogP contribution in [0.15, 0.2) is 12.4 Å². The van der Waals surface area contributed by atoms with Gasteiger partial charge in [-0.05, 0) is 37.6 Å². The summed E-state index contributed by atoms with van der Waals surface area (Å²) in [6, 6.07) is 0. The van der Waals surface area contributed by atoms with E-state index < -0.39 is 0 Å². The predicted molar refractivity (Wildman–Crippen MR) is 99.0 cm³/mol. The number of hydrogen-bond acceptors (Lipinski definition) is 6. The van der Waals surface area contributed by atoms with Crippen molar-refractivity contribution in [1.29, 1.82) is 0 Å². The molecule has 142 valence electrons. The smallest absolute Gasteiger partial charge is 0.257 e. The van der Waals surface area contributed by atoms with E-state index in [1.807, 2.05) is 4.90 Å². The fourth-order valence-corrected chi connectivity index (χ4v) is 4.60. The minimum absolute atomic E-state index is 0.0199. The minimum atomic E-state index is -0.225. The number of aliphatic hydroxyl groups excluding tert-OH is 1. The first-order valence-corrected chi connectivity index (χ1v) is 9.74. The van der Waals surface area contributed by atoms with Gasteiger partial charge in [-0.2, -0.15) is 0 Å². The summed E-state index contributed by atoms with van der Waals surface area (Å²) >= 11 is 0. The first-order valence-electron chi connectivity index (χ1n) is 9.74. The molecule has 3 heterocycles. The fraction of sp³-hybridized carbons (Fsp3) is 0.737. The molecule has 4 rings (SSSR count). The highest BCUT2D eigenvalue weighted by atomic mass is 16.3. The van der Waals surface area contributed by atoms with Gasteiger partial charge >= 0.3 is 0 Å².